The molecular weight excluding hydrogens is 386 g/mol. The molecule has 0 aliphatic rings. The van der Waals surface area contributed by atoms with Crippen LogP contribution in [0.2, 0.25) is 0 Å². The van der Waals surface area contributed by atoms with Crippen molar-refractivity contribution in [3.63, 3.8) is 0 Å². The Kier molecular flexibility index (Phi) is 23.1. The van der Waals surface area contributed by atoms with E-state index in [2.05, 4.69) is 31.3 Å². The summed E-state index contributed by atoms with van der Waals surface area (Å²) in [5.41, 5.74) is 0. The summed E-state index contributed by atoms with van der Waals surface area (Å²) < 4.78 is 0. The molecule has 0 aromatic heterocycles. The second kappa shape index (κ2) is 23.8. The van der Waals surface area contributed by atoms with Crippen molar-refractivity contribution in [1.29, 1.82) is 0 Å². The molecule has 0 aromatic carbocycles. The molecule has 0 fully saturated rings. The van der Waals surface area contributed by atoms with Gasteiger partial charge >= 0.3 is 0 Å². The van der Waals surface area contributed by atoms with Crippen LogP contribution in [-0.4, -0.2) is 34.9 Å². The summed E-state index contributed by atoms with van der Waals surface area (Å²) in [6.45, 7) is 4.25. The summed E-state index contributed by atoms with van der Waals surface area (Å²) >= 11 is 0. The van der Waals surface area contributed by atoms with E-state index in [1.165, 1.54) is 70.6 Å². The molecule has 0 bridgehead atoms. The average molecular weight is 440 g/mol. The van der Waals surface area contributed by atoms with E-state index in [0.29, 0.717) is 12.8 Å². The lowest BCUT2D eigenvalue weighted by Crippen LogP contribution is -2.45. The molecule has 0 spiro atoms. The molecule has 0 saturated heterocycles. The predicted molar refractivity (Wildman–Crippen MR) is 133 cm³/mol. The highest BCUT2D eigenvalue weighted by Crippen LogP contribution is 2.13. The molecule has 4 heteroatoms. The minimum absolute atomic E-state index is 0.0513. The first-order valence-electron chi connectivity index (χ1n) is 13.4. The third-order valence-corrected chi connectivity index (χ3v) is 6.03. The lowest BCUT2D eigenvalue weighted by molar-refractivity contribution is -0.123. The Labute approximate surface area is 193 Å². The monoisotopic (exact) mass is 439 g/mol. The first-order valence-corrected chi connectivity index (χ1v) is 13.4. The Morgan fingerprint density at radius 3 is 1.87 bits per heavy atom. The SMILES string of the molecule is CCCC/C=C\CCCCCCC(=O)NC(CO)C(O)CCCCCCCCCCC. The van der Waals surface area contributed by atoms with Crippen molar-refractivity contribution in [2.24, 2.45) is 0 Å². The summed E-state index contributed by atoms with van der Waals surface area (Å²) in [6.07, 6.45) is 25.3. The van der Waals surface area contributed by atoms with Crippen molar-refractivity contribution in [2.45, 2.75) is 148 Å². The first kappa shape index (κ1) is 30.1. The highest BCUT2D eigenvalue weighted by atomic mass is 16.3. The molecule has 2 atom stereocenters. The summed E-state index contributed by atoms with van der Waals surface area (Å²) in [4.78, 5) is 12.1. The smallest absolute Gasteiger partial charge is 0.220 e. The largest absolute Gasteiger partial charge is 0.394 e. The molecule has 0 rings (SSSR count). The van der Waals surface area contributed by atoms with Crippen molar-refractivity contribution in [3.05, 3.63) is 12.2 Å². The van der Waals surface area contributed by atoms with Crippen LogP contribution in [0.15, 0.2) is 12.2 Å². The van der Waals surface area contributed by atoms with E-state index < -0.39 is 12.1 Å². The van der Waals surface area contributed by atoms with Crippen LogP contribution in [0.3, 0.4) is 0 Å². The number of carbonyl (C=O) groups excluding carboxylic acids is 1. The highest BCUT2D eigenvalue weighted by Gasteiger charge is 2.19. The number of allylic oxidation sites excluding steroid dienone is 2. The Morgan fingerprint density at radius 1 is 0.742 bits per heavy atom. The van der Waals surface area contributed by atoms with E-state index >= 15 is 0 Å². The van der Waals surface area contributed by atoms with E-state index in [-0.39, 0.29) is 12.5 Å². The van der Waals surface area contributed by atoms with E-state index in [4.69, 9.17) is 0 Å². The van der Waals surface area contributed by atoms with E-state index in [1.54, 1.807) is 0 Å². The van der Waals surface area contributed by atoms with Gasteiger partial charge in [0.05, 0.1) is 18.8 Å². The number of nitrogens with one attached hydrogen (secondary N) is 1. The summed E-state index contributed by atoms with van der Waals surface area (Å²) in [5.74, 6) is -0.0513. The topological polar surface area (TPSA) is 69.6 Å². The second-order valence-electron chi connectivity index (χ2n) is 9.11. The van der Waals surface area contributed by atoms with Crippen LogP contribution in [-0.2, 0) is 4.79 Å². The third kappa shape index (κ3) is 20.8. The zero-order valence-electron chi connectivity index (χ0n) is 20.8. The van der Waals surface area contributed by atoms with Gasteiger partial charge in [-0.05, 0) is 32.1 Å². The second-order valence-corrected chi connectivity index (χ2v) is 9.11. The number of carbonyl (C=O) groups is 1. The van der Waals surface area contributed by atoms with Gasteiger partial charge < -0.3 is 15.5 Å². The molecule has 0 aliphatic carbocycles. The van der Waals surface area contributed by atoms with E-state index in [9.17, 15) is 15.0 Å². The number of hydrogen-bond donors (Lipinski definition) is 3. The van der Waals surface area contributed by atoms with E-state index in [0.717, 1.165) is 38.5 Å². The van der Waals surface area contributed by atoms with Gasteiger partial charge in [-0.1, -0.05) is 109 Å². The third-order valence-electron chi connectivity index (χ3n) is 6.03. The summed E-state index contributed by atoms with van der Waals surface area (Å²) in [6, 6.07) is -0.533. The summed E-state index contributed by atoms with van der Waals surface area (Å²) in [5, 5.41) is 22.7. The van der Waals surface area contributed by atoms with Gasteiger partial charge in [-0.25, -0.2) is 0 Å². The molecule has 184 valence electrons. The molecular formula is C27H53NO3. The first-order chi connectivity index (χ1) is 15.2. The van der Waals surface area contributed by atoms with Gasteiger partial charge in [0.15, 0.2) is 0 Å². The fourth-order valence-corrected chi connectivity index (χ4v) is 3.87. The van der Waals surface area contributed by atoms with Crippen LogP contribution in [0.25, 0.3) is 0 Å². The number of rotatable bonds is 23. The molecule has 31 heavy (non-hydrogen) atoms. The van der Waals surface area contributed by atoms with Crippen molar-refractivity contribution in [3.8, 4) is 0 Å². The number of unbranched alkanes of at least 4 members (excludes halogenated alkanes) is 14. The Morgan fingerprint density at radius 2 is 1.26 bits per heavy atom. The van der Waals surface area contributed by atoms with Gasteiger partial charge in [0, 0.05) is 6.42 Å². The van der Waals surface area contributed by atoms with Gasteiger partial charge in [0.1, 0.15) is 0 Å². The molecule has 0 aromatic rings. The number of aliphatic hydroxyl groups is 2. The quantitative estimate of drug-likeness (QED) is 0.121. The maximum absolute atomic E-state index is 12.1. The Balaban J connectivity index is 3.68. The van der Waals surface area contributed by atoms with Crippen LogP contribution >= 0.6 is 0 Å². The fraction of sp³-hybridized carbons (Fsp3) is 0.889. The average Bonchev–Trinajstić information content (AvgIpc) is 2.77. The van der Waals surface area contributed by atoms with Crippen molar-refractivity contribution in [1.82, 2.24) is 5.32 Å². The van der Waals surface area contributed by atoms with Gasteiger partial charge in [0.2, 0.25) is 5.91 Å². The van der Waals surface area contributed by atoms with Crippen molar-refractivity contribution in [2.75, 3.05) is 6.61 Å². The van der Waals surface area contributed by atoms with Gasteiger partial charge in [-0.2, -0.15) is 0 Å². The molecule has 0 saturated carbocycles. The van der Waals surface area contributed by atoms with Crippen molar-refractivity contribution < 1.29 is 15.0 Å². The zero-order chi connectivity index (χ0) is 23.0. The van der Waals surface area contributed by atoms with Crippen molar-refractivity contribution >= 4 is 5.91 Å². The maximum Gasteiger partial charge on any atom is 0.220 e. The molecule has 0 radical (unpaired) electrons. The van der Waals surface area contributed by atoms with Crippen LogP contribution in [0.1, 0.15) is 136 Å². The van der Waals surface area contributed by atoms with Crippen LogP contribution in [0, 0.1) is 0 Å². The van der Waals surface area contributed by atoms with E-state index in [1.807, 2.05) is 0 Å². The molecule has 2 unspecified atom stereocenters. The molecule has 0 aliphatic heterocycles. The molecule has 0 heterocycles. The minimum atomic E-state index is -0.655. The highest BCUT2D eigenvalue weighted by molar-refractivity contribution is 5.76. The number of hydrogen-bond acceptors (Lipinski definition) is 3. The lowest BCUT2D eigenvalue weighted by atomic mass is 10.0. The Bertz CT molecular complexity index is 411. The minimum Gasteiger partial charge on any atom is -0.394 e. The fourth-order valence-electron chi connectivity index (χ4n) is 3.87. The number of aliphatic hydroxyl groups excluding tert-OH is 2. The van der Waals surface area contributed by atoms with Crippen LogP contribution in [0.5, 0.6) is 0 Å². The van der Waals surface area contributed by atoms with Gasteiger partial charge in [-0.3, -0.25) is 4.79 Å². The van der Waals surface area contributed by atoms with Crippen LogP contribution < -0.4 is 5.32 Å². The van der Waals surface area contributed by atoms with Gasteiger partial charge in [-0.15, -0.1) is 0 Å². The predicted octanol–water partition coefficient (Wildman–Crippen LogP) is 6.83. The summed E-state index contributed by atoms with van der Waals surface area (Å²) in [7, 11) is 0. The lowest BCUT2D eigenvalue weighted by Gasteiger charge is -2.22. The maximum atomic E-state index is 12.1. The molecule has 4 nitrogen and oxygen atoms in total. The van der Waals surface area contributed by atoms with Crippen LogP contribution in [0.4, 0.5) is 0 Å². The standard InChI is InChI=1S/C27H53NO3/c1-3-5-7-9-11-13-15-17-19-21-23-27(31)28-25(24-29)26(30)22-20-18-16-14-12-10-8-6-4-2/h9,11,25-26,29-30H,3-8,10,12-24H2,1-2H3,(H,28,31)/b11-9-. The number of amides is 1. The zero-order valence-corrected chi connectivity index (χ0v) is 20.8. The Hall–Kier alpha value is -0.870. The normalized spacial score (nSPS) is 13.5. The molecule has 3 N–H and O–H groups in total. The van der Waals surface area contributed by atoms with Gasteiger partial charge in [0.25, 0.3) is 0 Å². The molecule has 1 amide bonds.